The van der Waals surface area contributed by atoms with E-state index in [9.17, 15) is 4.79 Å². The van der Waals surface area contributed by atoms with Gasteiger partial charge in [0.05, 0.1) is 10.0 Å². The van der Waals surface area contributed by atoms with E-state index in [-0.39, 0.29) is 11.9 Å². The van der Waals surface area contributed by atoms with Crippen molar-refractivity contribution in [2.75, 3.05) is 6.61 Å². The maximum Gasteiger partial charge on any atom is 0.169 e. The molecular formula is C13H13Cl3O3. The Morgan fingerprint density at radius 3 is 2.42 bits per heavy atom. The molecule has 0 N–H and O–H groups in total. The van der Waals surface area contributed by atoms with E-state index in [1.54, 1.807) is 12.1 Å². The molecule has 0 spiro atoms. The van der Waals surface area contributed by atoms with Gasteiger partial charge >= 0.3 is 0 Å². The molecule has 0 amide bonds. The lowest BCUT2D eigenvalue weighted by Crippen LogP contribution is -2.52. The number of halogens is 3. The summed E-state index contributed by atoms with van der Waals surface area (Å²) in [5.74, 6) is 0.384. The van der Waals surface area contributed by atoms with Crippen molar-refractivity contribution in [2.24, 2.45) is 0 Å². The van der Waals surface area contributed by atoms with Crippen LogP contribution in [0.3, 0.4) is 0 Å². The molecule has 1 aromatic rings. The highest BCUT2D eigenvalue weighted by Gasteiger charge is 2.43. The van der Waals surface area contributed by atoms with Crippen LogP contribution in [0.4, 0.5) is 0 Å². The topological polar surface area (TPSA) is 35.5 Å². The molecule has 3 nitrogen and oxygen atoms in total. The number of hydrogen-bond acceptors (Lipinski definition) is 3. The average Bonchev–Trinajstić information content (AvgIpc) is 2.32. The van der Waals surface area contributed by atoms with E-state index < -0.39 is 6.10 Å². The Morgan fingerprint density at radius 1 is 1.26 bits per heavy atom. The third-order valence-electron chi connectivity index (χ3n) is 2.79. The highest BCUT2D eigenvalue weighted by atomic mass is 35.5. The number of ketones is 1. The minimum atomic E-state index is -0.525. The van der Waals surface area contributed by atoms with Crippen molar-refractivity contribution >= 4 is 40.6 Å². The normalized spacial score (nSPS) is 22.2. The Hall–Kier alpha value is -0.480. The molecule has 2 atom stereocenters. The van der Waals surface area contributed by atoms with Crippen molar-refractivity contribution in [1.29, 1.82) is 0 Å². The minimum Gasteiger partial charge on any atom is -0.484 e. The average molecular weight is 324 g/mol. The van der Waals surface area contributed by atoms with Crippen LogP contribution in [-0.2, 0) is 9.53 Å². The van der Waals surface area contributed by atoms with Crippen molar-refractivity contribution < 1.29 is 14.3 Å². The van der Waals surface area contributed by atoms with Crippen molar-refractivity contribution in [3.63, 3.8) is 0 Å². The maximum absolute atomic E-state index is 11.5. The summed E-state index contributed by atoms with van der Waals surface area (Å²) >= 11 is 17.9. The molecule has 0 heterocycles. The second-order valence-electron chi connectivity index (χ2n) is 4.32. The lowest BCUT2D eigenvalue weighted by Gasteiger charge is -2.35. The van der Waals surface area contributed by atoms with E-state index in [0.29, 0.717) is 33.8 Å². The van der Waals surface area contributed by atoms with Crippen LogP contribution >= 0.6 is 34.8 Å². The molecule has 0 saturated heterocycles. The number of rotatable bonds is 5. The Kier molecular flexibility index (Phi) is 4.96. The first-order valence-electron chi connectivity index (χ1n) is 5.98. The number of carbonyl (C=O) groups excluding carboxylic acids is 1. The Labute approximate surface area is 126 Å². The summed E-state index contributed by atoms with van der Waals surface area (Å²) in [6, 6.07) is 3.10. The van der Waals surface area contributed by atoms with E-state index >= 15 is 0 Å². The summed E-state index contributed by atoms with van der Waals surface area (Å²) in [4.78, 5) is 11.5. The Balaban J connectivity index is 2.07. The third kappa shape index (κ3) is 3.34. The molecule has 1 aliphatic rings. The predicted octanol–water partition coefficient (Wildman–Crippen LogP) is 4.16. The molecule has 1 aliphatic carbocycles. The fourth-order valence-corrected chi connectivity index (χ4v) is 2.72. The summed E-state index contributed by atoms with van der Waals surface area (Å²) in [5, 5.41) is 1.09. The second-order valence-corrected chi connectivity index (χ2v) is 5.57. The van der Waals surface area contributed by atoms with Crippen molar-refractivity contribution in [1.82, 2.24) is 0 Å². The molecule has 0 aliphatic heterocycles. The summed E-state index contributed by atoms with van der Waals surface area (Å²) in [7, 11) is 0. The van der Waals surface area contributed by atoms with Crippen LogP contribution in [0.15, 0.2) is 12.1 Å². The molecule has 1 aromatic carbocycles. The zero-order chi connectivity index (χ0) is 14.0. The second kappa shape index (κ2) is 6.31. The van der Waals surface area contributed by atoms with Gasteiger partial charge in [0.2, 0.25) is 0 Å². The molecule has 6 heteroatoms. The first-order valence-corrected chi connectivity index (χ1v) is 7.11. The van der Waals surface area contributed by atoms with Crippen LogP contribution in [0.2, 0.25) is 15.1 Å². The van der Waals surface area contributed by atoms with Crippen molar-refractivity contribution in [3.8, 4) is 5.75 Å². The molecule has 0 radical (unpaired) electrons. The molecule has 104 valence electrons. The van der Waals surface area contributed by atoms with Crippen molar-refractivity contribution in [2.45, 2.75) is 32.0 Å². The lowest BCUT2D eigenvalue weighted by atomic mass is 9.90. The van der Waals surface area contributed by atoms with Gasteiger partial charge in [-0.15, -0.1) is 0 Å². The minimum absolute atomic E-state index is 0.0414. The molecule has 2 unspecified atom stereocenters. The lowest BCUT2D eigenvalue weighted by molar-refractivity contribution is -0.154. The fraction of sp³-hybridized carbons (Fsp3) is 0.462. The molecule has 0 bridgehead atoms. The molecule has 1 fully saturated rings. The zero-order valence-electron chi connectivity index (χ0n) is 10.3. The van der Waals surface area contributed by atoms with E-state index in [1.165, 1.54) is 0 Å². The summed E-state index contributed by atoms with van der Waals surface area (Å²) in [6.07, 6.45) is 0.292. The summed E-state index contributed by atoms with van der Waals surface area (Å²) < 4.78 is 11.1. The van der Waals surface area contributed by atoms with Gasteiger partial charge in [-0.3, -0.25) is 4.79 Å². The standard InChI is InChI=1S/C13H13Cl3O3/c1-2-3-18-13-10(17)6-11(13)19-12-8(15)4-7(14)5-9(12)16/h4-5,11,13H,2-3,6H2,1H3. The Bertz CT molecular complexity index is 467. The molecule has 0 aromatic heterocycles. The van der Waals surface area contributed by atoms with Crippen molar-refractivity contribution in [3.05, 3.63) is 27.2 Å². The van der Waals surface area contributed by atoms with Crippen LogP contribution in [0.25, 0.3) is 0 Å². The van der Waals surface area contributed by atoms with E-state index in [0.717, 1.165) is 6.42 Å². The van der Waals surface area contributed by atoms with E-state index in [2.05, 4.69) is 0 Å². The van der Waals surface area contributed by atoms with Gasteiger partial charge in [-0.2, -0.15) is 0 Å². The third-order valence-corrected chi connectivity index (χ3v) is 3.57. The van der Waals surface area contributed by atoms with Gasteiger partial charge in [-0.05, 0) is 18.6 Å². The highest BCUT2D eigenvalue weighted by Crippen LogP contribution is 2.38. The van der Waals surface area contributed by atoms with Crippen LogP contribution in [-0.4, -0.2) is 24.6 Å². The summed E-state index contributed by atoms with van der Waals surface area (Å²) in [5.41, 5.74) is 0. The first-order chi connectivity index (χ1) is 9.02. The van der Waals surface area contributed by atoms with Gasteiger partial charge in [-0.25, -0.2) is 0 Å². The monoisotopic (exact) mass is 322 g/mol. The fourth-order valence-electron chi connectivity index (χ4n) is 1.81. The van der Waals surface area contributed by atoms with E-state index in [4.69, 9.17) is 44.3 Å². The van der Waals surface area contributed by atoms with Crippen LogP contribution in [0, 0.1) is 0 Å². The highest BCUT2D eigenvalue weighted by molar-refractivity contribution is 6.40. The van der Waals surface area contributed by atoms with Crippen LogP contribution in [0.1, 0.15) is 19.8 Å². The van der Waals surface area contributed by atoms with Crippen LogP contribution < -0.4 is 4.74 Å². The molecule has 2 rings (SSSR count). The van der Waals surface area contributed by atoms with Gasteiger partial charge in [0.25, 0.3) is 0 Å². The first kappa shape index (κ1) is 14.9. The van der Waals surface area contributed by atoms with Gasteiger partial charge in [0.15, 0.2) is 17.6 Å². The van der Waals surface area contributed by atoms with Crippen LogP contribution in [0.5, 0.6) is 5.75 Å². The van der Waals surface area contributed by atoms with Gasteiger partial charge in [0.1, 0.15) is 6.10 Å². The van der Waals surface area contributed by atoms with Gasteiger partial charge in [0, 0.05) is 18.1 Å². The van der Waals surface area contributed by atoms with E-state index in [1.807, 2.05) is 6.92 Å². The molecular weight excluding hydrogens is 310 g/mol. The van der Waals surface area contributed by atoms with Gasteiger partial charge in [-0.1, -0.05) is 41.7 Å². The zero-order valence-corrected chi connectivity index (χ0v) is 12.6. The SMILES string of the molecule is CCCOC1C(=O)CC1Oc1c(Cl)cc(Cl)cc1Cl. The Morgan fingerprint density at radius 2 is 1.89 bits per heavy atom. The number of carbonyl (C=O) groups is 1. The summed E-state index contributed by atoms with van der Waals surface area (Å²) in [6.45, 7) is 2.50. The smallest absolute Gasteiger partial charge is 0.169 e. The maximum atomic E-state index is 11.5. The number of benzene rings is 1. The van der Waals surface area contributed by atoms with Gasteiger partial charge < -0.3 is 9.47 Å². The molecule has 19 heavy (non-hydrogen) atoms. The number of hydrogen-bond donors (Lipinski definition) is 0. The quantitative estimate of drug-likeness (QED) is 0.816. The molecule has 1 saturated carbocycles. The predicted molar refractivity (Wildman–Crippen MR) is 75.5 cm³/mol. The number of ether oxygens (including phenoxy) is 2. The number of Topliss-reactive ketones (excluding diaryl/α,β-unsaturated/α-hetero) is 1. The largest absolute Gasteiger partial charge is 0.484 e.